The zero-order valence-electron chi connectivity index (χ0n) is 14.2. The van der Waals surface area contributed by atoms with Gasteiger partial charge in [0.05, 0.1) is 5.57 Å². The van der Waals surface area contributed by atoms with Gasteiger partial charge in [-0.15, -0.1) is 11.3 Å². The van der Waals surface area contributed by atoms with Crippen LogP contribution in [0.1, 0.15) is 31.1 Å². The van der Waals surface area contributed by atoms with Crippen LogP contribution in [0.4, 0.5) is 9.52 Å². The smallest absolute Gasteiger partial charge is 0.335 e. The third-order valence-electron chi connectivity index (χ3n) is 3.76. The number of carboxylic acid groups (broad SMARTS) is 1. The summed E-state index contributed by atoms with van der Waals surface area (Å²) in [5, 5.41) is 17.3. The van der Waals surface area contributed by atoms with Crippen molar-refractivity contribution in [2.45, 2.75) is 19.9 Å². The van der Waals surface area contributed by atoms with Crippen LogP contribution in [0, 0.1) is 5.82 Å². The van der Waals surface area contributed by atoms with Crippen LogP contribution in [0.5, 0.6) is 0 Å². The molecule has 0 radical (unpaired) electrons. The average Bonchev–Trinajstić information content (AvgIpc) is 3.01. The molecule has 1 atom stereocenters. The molecule has 1 unspecified atom stereocenters. The minimum atomic E-state index is -1.16. The molecule has 0 saturated carbocycles. The SMILES string of the molecule is CC(=O)Nc1nc(C2=NC(c3ccc(F)cc3Cl)C(C(=O)O)=C(C)N2)cs1. The molecule has 3 N–H and O–H groups in total. The third kappa shape index (κ3) is 3.99. The quantitative estimate of drug-likeness (QED) is 0.719. The Morgan fingerprint density at radius 1 is 1.41 bits per heavy atom. The topological polar surface area (TPSA) is 104 Å². The Balaban J connectivity index is 2.06. The largest absolute Gasteiger partial charge is 0.478 e. The number of aliphatic imine (C=N–C) groups is 1. The predicted octanol–water partition coefficient (Wildman–Crippen LogP) is 3.34. The number of hydrogen-bond acceptors (Lipinski definition) is 6. The number of nitrogens with one attached hydrogen (secondary N) is 2. The molecule has 27 heavy (non-hydrogen) atoms. The Morgan fingerprint density at radius 3 is 2.78 bits per heavy atom. The number of nitrogens with zero attached hydrogens (tertiary/aromatic N) is 2. The summed E-state index contributed by atoms with van der Waals surface area (Å²) < 4.78 is 13.4. The van der Waals surface area contributed by atoms with Gasteiger partial charge in [0.2, 0.25) is 5.91 Å². The van der Waals surface area contributed by atoms with E-state index in [9.17, 15) is 19.1 Å². The first-order valence-corrected chi connectivity index (χ1v) is 8.99. The number of aromatic nitrogens is 1. The van der Waals surface area contributed by atoms with E-state index in [1.165, 1.54) is 30.4 Å². The summed E-state index contributed by atoms with van der Waals surface area (Å²) >= 11 is 7.34. The first-order chi connectivity index (χ1) is 12.8. The number of anilines is 1. The van der Waals surface area contributed by atoms with Crippen LogP contribution in [0.3, 0.4) is 0 Å². The zero-order valence-corrected chi connectivity index (χ0v) is 15.8. The number of aliphatic carboxylic acids is 1. The van der Waals surface area contributed by atoms with E-state index in [0.29, 0.717) is 27.9 Å². The van der Waals surface area contributed by atoms with Crippen LogP contribution < -0.4 is 10.6 Å². The molecule has 0 bridgehead atoms. The van der Waals surface area contributed by atoms with E-state index in [2.05, 4.69) is 20.6 Å². The average molecular weight is 409 g/mol. The second-order valence-corrected chi connectivity index (χ2v) is 7.00. The Kier molecular flexibility index (Phi) is 5.24. The summed E-state index contributed by atoms with van der Waals surface area (Å²) in [5.41, 5.74) is 1.18. The lowest BCUT2D eigenvalue weighted by molar-refractivity contribution is -0.133. The van der Waals surface area contributed by atoms with Gasteiger partial charge in [-0.3, -0.25) is 9.79 Å². The third-order valence-corrected chi connectivity index (χ3v) is 4.84. The van der Waals surface area contributed by atoms with Crippen molar-refractivity contribution in [2.75, 3.05) is 5.32 Å². The molecule has 0 fully saturated rings. The Hall–Kier alpha value is -2.78. The maximum atomic E-state index is 13.4. The van der Waals surface area contributed by atoms with Crippen LogP contribution in [-0.4, -0.2) is 27.8 Å². The molecule has 1 aromatic carbocycles. The number of rotatable bonds is 4. The van der Waals surface area contributed by atoms with Crippen molar-refractivity contribution in [1.82, 2.24) is 10.3 Å². The van der Waals surface area contributed by atoms with Gasteiger partial charge in [-0.05, 0) is 19.1 Å². The molecule has 2 aromatic rings. The van der Waals surface area contributed by atoms with Crippen molar-refractivity contribution in [2.24, 2.45) is 4.99 Å². The number of carbonyl (C=O) groups is 2. The second-order valence-electron chi connectivity index (χ2n) is 5.73. The maximum Gasteiger partial charge on any atom is 0.335 e. The highest BCUT2D eigenvalue weighted by molar-refractivity contribution is 7.14. The monoisotopic (exact) mass is 408 g/mol. The number of allylic oxidation sites excluding steroid dienone is 1. The van der Waals surface area contributed by atoms with Crippen LogP contribution >= 0.6 is 22.9 Å². The molecule has 140 valence electrons. The summed E-state index contributed by atoms with van der Waals surface area (Å²) in [5.74, 6) is -1.62. The summed E-state index contributed by atoms with van der Waals surface area (Å²) in [6.45, 7) is 2.97. The van der Waals surface area contributed by atoms with Gasteiger partial charge in [0, 0.05) is 28.6 Å². The number of carboxylic acids is 1. The molecule has 1 amide bonds. The number of hydrogen-bond donors (Lipinski definition) is 3. The highest BCUT2D eigenvalue weighted by Crippen LogP contribution is 2.36. The molecule has 2 heterocycles. The predicted molar refractivity (Wildman–Crippen MR) is 101 cm³/mol. The van der Waals surface area contributed by atoms with E-state index in [4.69, 9.17) is 11.6 Å². The van der Waals surface area contributed by atoms with Gasteiger partial charge in [-0.25, -0.2) is 14.2 Å². The molecule has 1 aliphatic heterocycles. The van der Waals surface area contributed by atoms with Crippen LogP contribution in [0.2, 0.25) is 5.02 Å². The van der Waals surface area contributed by atoms with E-state index >= 15 is 0 Å². The fourth-order valence-electron chi connectivity index (χ4n) is 2.62. The summed E-state index contributed by atoms with van der Waals surface area (Å²) in [6.07, 6.45) is 0. The van der Waals surface area contributed by atoms with Crippen molar-refractivity contribution in [3.05, 3.63) is 56.9 Å². The van der Waals surface area contributed by atoms with Gasteiger partial charge in [0.15, 0.2) is 11.0 Å². The van der Waals surface area contributed by atoms with Crippen molar-refractivity contribution >= 4 is 45.8 Å². The van der Waals surface area contributed by atoms with Gasteiger partial charge in [0.25, 0.3) is 0 Å². The number of carbonyl (C=O) groups excluding carboxylic acids is 1. The fraction of sp³-hybridized carbons (Fsp3) is 0.176. The highest BCUT2D eigenvalue weighted by atomic mass is 35.5. The summed E-state index contributed by atoms with van der Waals surface area (Å²) in [4.78, 5) is 31.6. The number of amidine groups is 1. The summed E-state index contributed by atoms with van der Waals surface area (Å²) in [6, 6.07) is 2.79. The van der Waals surface area contributed by atoms with E-state index in [1.807, 2.05) is 0 Å². The van der Waals surface area contributed by atoms with Gasteiger partial charge in [0.1, 0.15) is 17.6 Å². The maximum absolute atomic E-state index is 13.4. The van der Waals surface area contributed by atoms with Crippen LogP contribution in [0.15, 0.2) is 39.8 Å². The number of thiazole rings is 1. The highest BCUT2D eigenvalue weighted by Gasteiger charge is 2.31. The van der Waals surface area contributed by atoms with Crippen molar-refractivity contribution < 1.29 is 19.1 Å². The number of benzene rings is 1. The Bertz CT molecular complexity index is 1000. The summed E-state index contributed by atoms with van der Waals surface area (Å²) in [7, 11) is 0. The van der Waals surface area contributed by atoms with Crippen LogP contribution in [0.25, 0.3) is 0 Å². The van der Waals surface area contributed by atoms with Crippen molar-refractivity contribution in [3.8, 4) is 0 Å². The lowest BCUT2D eigenvalue weighted by Gasteiger charge is -2.25. The lowest BCUT2D eigenvalue weighted by Crippen LogP contribution is -2.32. The van der Waals surface area contributed by atoms with Gasteiger partial charge < -0.3 is 15.7 Å². The second kappa shape index (κ2) is 7.45. The Morgan fingerprint density at radius 2 is 2.15 bits per heavy atom. The van der Waals surface area contributed by atoms with E-state index in [-0.39, 0.29) is 16.5 Å². The normalized spacial score (nSPS) is 16.6. The van der Waals surface area contributed by atoms with E-state index < -0.39 is 17.8 Å². The van der Waals surface area contributed by atoms with Crippen molar-refractivity contribution in [1.29, 1.82) is 0 Å². The first kappa shape index (κ1) is 19.0. The van der Waals surface area contributed by atoms with Gasteiger partial charge >= 0.3 is 5.97 Å². The van der Waals surface area contributed by atoms with E-state index in [1.54, 1.807) is 12.3 Å². The number of amides is 1. The van der Waals surface area contributed by atoms with Gasteiger partial charge in [-0.2, -0.15) is 0 Å². The molecule has 7 nitrogen and oxygen atoms in total. The van der Waals surface area contributed by atoms with Crippen LogP contribution in [-0.2, 0) is 9.59 Å². The molecule has 0 aliphatic carbocycles. The molecule has 3 rings (SSSR count). The first-order valence-electron chi connectivity index (χ1n) is 7.73. The van der Waals surface area contributed by atoms with Crippen molar-refractivity contribution in [3.63, 3.8) is 0 Å². The fourth-order valence-corrected chi connectivity index (χ4v) is 3.63. The standard InChI is InChI=1S/C17H14ClFN4O3S/c1-7-13(16(25)26)14(10-4-3-9(19)5-11(10)18)23-15(20-7)12-6-27-17(22-12)21-8(2)24/h3-6,14H,1-2H3,(H,20,23)(H,25,26)(H,21,22,24). The molecule has 1 aliphatic rings. The molecular weight excluding hydrogens is 395 g/mol. The van der Waals surface area contributed by atoms with Gasteiger partial charge in [-0.1, -0.05) is 17.7 Å². The Labute approximate surface area is 162 Å². The zero-order chi connectivity index (χ0) is 19.7. The minimum Gasteiger partial charge on any atom is -0.478 e. The van der Waals surface area contributed by atoms with E-state index in [0.717, 1.165) is 6.07 Å². The molecule has 0 spiro atoms. The molecule has 0 saturated heterocycles. The molecule has 10 heteroatoms. The number of halogens is 2. The lowest BCUT2D eigenvalue weighted by atomic mass is 9.96. The molecular formula is C17H14ClFN4O3S. The minimum absolute atomic E-state index is 0.00423. The molecule has 1 aromatic heterocycles.